The van der Waals surface area contributed by atoms with Gasteiger partial charge in [-0.1, -0.05) is 26.0 Å². The lowest BCUT2D eigenvalue weighted by atomic mass is 9.87. The van der Waals surface area contributed by atoms with Gasteiger partial charge in [-0.25, -0.2) is 0 Å². The lowest BCUT2D eigenvalue weighted by Crippen LogP contribution is -2.35. The molecule has 0 spiro atoms. The quantitative estimate of drug-likeness (QED) is 0.515. The Morgan fingerprint density at radius 1 is 1.29 bits per heavy atom. The van der Waals surface area contributed by atoms with Gasteiger partial charge in [0.15, 0.2) is 0 Å². The molecule has 0 aliphatic carbocycles. The Kier molecular flexibility index (Phi) is 5.57. The van der Waals surface area contributed by atoms with Crippen molar-refractivity contribution in [1.82, 2.24) is 4.90 Å². The first-order chi connectivity index (χ1) is 6.74. The van der Waals surface area contributed by atoms with Gasteiger partial charge in [0.1, 0.15) is 0 Å². The zero-order chi connectivity index (χ0) is 10.4. The van der Waals surface area contributed by atoms with E-state index in [2.05, 4.69) is 24.8 Å². The van der Waals surface area contributed by atoms with E-state index in [1.54, 1.807) is 0 Å². The summed E-state index contributed by atoms with van der Waals surface area (Å²) in [5.41, 5.74) is 0. The topological polar surface area (TPSA) is 3.24 Å². The predicted molar refractivity (Wildman–Crippen MR) is 63.9 cm³/mol. The van der Waals surface area contributed by atoms with Crippen LogP contribution in [0.25, 0.3) is 0 Å². The molecule has 1 rings (SSSR count). The van der Waals surface area contributed by atoms with Crippen LogP contribution >= 0.6 is 11.6 Å². The van der Waals surface area contributed by atoms with E-state index < -0.39 is 0 Å². The van der Waals surface area contributed by atoms with Crippen molar-refractivity contribution in [2.45, 2.75) is 26.7 Å². The highest BCUT2D eigenvalue weighted by atomic mass is 35.5. The Labute approximate surface area is 93.1 Å². The minimum Gasteiger partial charge on any atom is -0.300 e. The fourth-order valence-corrected chi connectivity index (χ4v) is 2.21. The maximum absolute atomic E-state index is 5.58. The Hall–Kier alpha value is -0.0100. The molecular weight excluding hydrogens is 194 g/mol. The minimum atomic E-state index is 0.641. The Morgan fingerprint density at radius 3 is 2.43 bits per heavy atom. The number of nitrogens with zero attached hydrogens (tertiary/aromatic N) is 1. The third kappa shape index (κ3) is 4.02. The Morgan fingerprint density at radius 2 is 1.93 bits per heavy atom. The summed E-state index contributed by atoms with van der Waals surface area (Å²) in [7, 11) is 0. The SMILES string of the molecule is CC(C)C1CCN(C/C=C/CCl)CC1. The smallest absolute Gasteiger partial charge is 0.0404 e. The molecule has 1 fully saturated rings. The van der Waals surface area contributed by atoms with Crippen LogP contribution in [0.2, 0.25) is 0 Å². The molecule has 0 aromatic rings. The van der Waals surface area contributed by atoms with Gasteiger partial charge in [0.05, 0.1) is 0 Å². The Balaban J connectivity index is 2.19. The lowest BCUT2D eigenvalue weighted by molar-refractivity contribution is 0.170. The molecule has 0 saturated carbocycles. The number of piperidine rings is 1. The minimum absolute atomic E-state index is 0.641. The van der Waals surface area contributed by atoms with Crippen molar-refractivity contribution in [3.05, 3.63) is 12.2 Å². The number of rotatable bonds is 4. The summed E-state index contributed by atoms with van der Waals surface area (Å²) in [6, 6.07) is 0. The average Bonchev–Trinajstić information content (AvgIpc) is 2.19. The highest BCUT2D eigenvalue weighted by Gasteiger charge is 2.20. The zero-order valence-corrected chi connectivity index (χ0v) is 10.1. The largest absolute Gasteiger partial charge is 0.300 e. The van der Waals surface area contributed by atoms with Crippen LogP contribution in [-0.4, -0.2) is 30.4 Å². The molecule has 14 heavy (non-hydrogen) atoms. The molecule has 1 aliphatic rings. The number of likely N-dealkylation sites (tertiary alicyclic amines) is 1. The van der Waals surface area contributed by atoms with Gasteiger partial charge < -0.3 is 0 Å². The second-order valence-corrected chi connectivity index (χ2v) is 4.82. The molecule has 0 aromatic heterocycles. The monoisotopic (exact) mass is 215 g/mol. The van der Waals surface area contributed by atoms with Gasteiger partial charge in [-0.05, 0) is 37.8 Å². The number of hydrogen-bond donors (Lipinski definition) is 0. The van der Waals surface area contributed by atoms with Crippen molar-refractivity contribution in [3.63, 3.8) is 0 Å². The van der Waals surface area contributed by atoms with Crippen LogP contribution in [0.4, 0.5) is 0 Å². The van der Waals surface area contributed by atoms with E-state index in [4.69, 9.17) is 11.6 Å². The molecular formula is C12H22ClN. The molecule has 0 bridgehead atoms. The average molecular weight is 216 g/mol. The summed E-state index contributed by atoms with van der Waals surface area (Å²) in [5.74, 6) is 2.45. The summed E-state index contributed by atoms with van der Waals surface area (Å²) in [6.07, 6.45) is 6.96. The van der Waals surface area contributed by atoms with Gasteiger partial charge in [-0.2, -0.15) is 0 Å². The zero-order valence-electron chi connectivity index (χ0n) is 9.38. The van der Waals surface area contributed by atoms with E-state index in [0.29, 0.717) is 5.88 Å². The molecule has 82 valence electrons. The maximum Gasteiger partial charge on any atom is 0.0404 e. The standard InChI is InChI=1S/C12H22ClN/c1-11(2)12-5-9-14(10-6-12)8-4-3-7-13/h3-4,11-12H,5-10H2,1-2H3/b4-3+. The van der Waals surface area contributed by atoms with Gasteiger partial charge in [-0.3, -0.25) is 4.90 Å². The van der Waals surface area contributed by atoms with Crippen molar-refractivity contribution in [3.8, 4) is 0 Å². The van der Waals surface area contributed by atoms with Crippen LogP contribution in [0.15, 0.2) is 12.2 Å². The van der Waals surface area contributed by atoms with Gasteiger partial charge in [0, 0.05) is 12.4 Å². The summed E-state index contributed by atoms with van der Waals surface area (Å²) in [4.78, 5) is 2.52. The fraction of sp³-hybridized carbons (Fsp3) is 0.833. The molecule has 0 unspecified atom stereocenters. The van der Waals surface area contributed by atoms with E-state index >= 15 is 0 Å². The van der Waals surface area contributed by atoms with Crippen LogP contribution in [0, 0.1) is 11.8 Å². The third-order valence-corrected chi connectivity index (χ3v) is 3.37. The van der Waals surface area contributed by atoms with Gasteiger partial charge >= 0.3 is 0 Å². The second kappa shape index (κ2) is 6.47. The van der Waals surface area contributed by atoms with Gasteiger partial charge in [0.2, 0.25) is 0 Å². The summed E-state index contributed by atoms with van der Waals surface area (Å²) in [5, 5.41) is 0. The van der Waals surface area contributed by atoms with Gasteiger partial charge in [0.25, 0.3) is 0 Å². The van der Waals surface area contributed by atoms with Crippen molar-refractivity contribution in [1.29, 1.82) is 0 Å². The lowest BCUT2D eigenvalue weighted by Gasteiger charge is -2.33. The summed E-state index contributed by atoms with van der Waals surface area (Å²) >= 11 is 5.58. The van der Waals surface area contributed by atoms with Crippen LogP contribution in [-0.2, 0) is 0 Å². The van der Waals surface area contributed by atoms with Crippen molar-refractivity contribution in [2.75, 3.05) is 25.5 Å². The molecule has 1 heterocycles. The van der Waals surface area contributed by atoms with Crippen molar-refractivity contribution >= 4 is 11.6 Å². The maximum atomic E-state index is 5.58. The molecule has 0 radical (unpaired) electrons. The van der Waals surface area contributed by atoms with Crippen LogP contribution < -0.4 is 0 Å². The molecule has 0 amide bonds. The molecule has 2 heteroatoms. The van der Waals surface area contributed by atoms with Gasteiger partial charge in [-0.15, -0.1) is 11.6 Å². The third-order valence-electron chi connectivity index (χ3n) is 3.19. The highest BCUT2D eigenvalue weighted by Crippen LogP contribution is 2.24. The molecule has 0 N–H and O–H groups in total. The number of alkyl halides is 1. The number of allylic oxidation sites excluding steroid dienone is 1. The molecule has 1 nitrogen and oxygen atoms in total. The van der Waals surface area contributed by atoms with E-state index in [9.17, 15) is 0 Å². The first-order valence-electron chi connectivity index (χ1n) is 5.67. The normalized spacial score (nSPS) is 21.1. The van der Waals surface area contributed by atoms with Crippen molar-refractivity contribution < 1.29 is 0 Å². The fourth-order valence-electron chi connectivity index (χ4n) is 2.09. The Bertz CT molecular complexity index is 169. The molecule has 0 atom stereocenters. The van der Waals surface area contributed by atoms with E-state index in [-0.39, 0.29) is 0 Å². The van der Waals surface area contributed by atoms with Crippen molar-refractivity contribution in [2.24, 2.45) is 11.8 Å². The van der Waals surface area contributed by atoms with Crippen LogP contribution in [0.3, 0.4) is 0 Å². The van der Waals surface area contributed by atoms with E-state index in [0.717, 1.165) is 18.4 Å². The molecule has 1 aliphatic heterocycles. The molecule has 1 saturated heterocycles. The number of hydrogen-bond acceptors (Lipinski definition) is 1. The summed E-state index contributed by atoms with van der Waals surface area (Å²) < 4.78 is 0. The number of halogens is 1. The first-order valence-corrected chi connectivity index (χ1v) is 6.20. The second-order valence-electron chi connectivity index (χ2n) is 4.51. The van der Waals surface area contributed by atoms with E-state index in [1.807, 2.05) is 6.08 Å². The highest BCUT2D eigenvalue weighted by molar-refractivity contribution is 6.18. The first kappa shape index (κ1) is 12.1. The summed E-state index contributed by atoms with van der Waals surface area (Å²) in [6.45, 7) is 8.28. The van der Waals surface area contributed by atoms with Crippen LogP contribution in [0.5, 0.6) is 0 Å². The van der Waals surface area contributed by atoms with E-state index in [1.165, 1.54) is 25.9 Å². The predicted octanol–water partition coefficient (Wildman–Crippen LogP) is 3.15. The molecule has 0 aromatic carbocycles. The van der Waals surface area contributed by atoms with Crippen LogP contribution in [0.1, 0.15) is 26.7 Å².